The molecule has 0 aliphatic carbocycles. The van der Waals surface area contributed by atoms with Crippen LogP contribution in [0.15, 0.2) is 43.0 Å². The van der Waals surface area contributed by atoms with Crippen molar-refractivity contribution >= 4 is 5.91 Å². The number of hydrogen-bond donors (Lipinski definition) is 1. The van der Waals surface area contributed by atoms with Gasteiger partial charge < -0.3 is 9.88 Å². The zero-order valence-corrected chi connectivity index (χ0v) is 9.14. The van der Waals surface area contributed by atoms with Crippen molar-refractivity contribution in [1.29, 1.82) is 0 Å². The van der Waals surface area contributed by atoms with Gasteiger partial charge in [0.05, 0.1) is 6.33 Å². The number of amides is 1. The first-order valence-electron chi connectivity index (χ1n) is 5.21. The molecule has 0 saturated heterocycles. The Balaban J connectivity index is 1.86. The minimum Gasteiger partial charge on any atom is -0.350 e. The van der Waals surface area contributed by atoms with Crippen LogP contribution in [0, 0.1) is 5.82 Å². The maximum absolute atomic E-state index is 13.3. The summed E-state index contributed by atoms with van der Waals surface area (Å²) in [6, 6.07) is 6.37. The molecule has 4 nitrogen and oxygen atoms in total. The zero-order valence-electron chi connectivity index (χ0n) is 9.14. The van der Waals surface area contributed by atoms with Crippen LogP contribution in [0.1, 0.15) is 5.56 Å². The molecule has 0 aliphatic rings. The van der Waals surface area contributed by atoms with Crippen molar-refractivity contribution in [3.05, 3.63) is 54.4 Å². The van der Waals surface area contributed by atoms with E-state index in [0.717, 1.165) is 0 Å². The van der Waals surface area contributed by atoms with Gasteiger partial charge in [-0.2, -0.15) is 0 Å². The van der Waals surface area contributed by atoms with E-state index in [0.29, 0.717) is 5.56 Å². The molecule has 1 aromatic heterocycles. The van der Waals surface area contributed by atoms with E-state index < -0.39 is 0 Å². The second-order valence-corrected chi connectivity index (χ2v) is 3.60. The van der Waals surface area contributed by atoms with Crippen LogP contribution in [0.5, 0.6) is 0 Å². The first kappa shape index (κ1) is 11.3. The molecule has 0 bridgehead atoms. The molecule has 88 valence electrons. The van der Waals surface area contributed by atoms with Crippen molar-refractivity contribution in [2.75, 3.05) is 0 Å². The molecule has 2 rings (SSSR count). The van der Waals surface area contributed by atoms with E-state index in [1.54, 1.807) is 41.5 Å². The lowest BCUT2D eigenvalue weighted by Crippen LogP contribution is -2.27. The van der Waals surface area contributed by atoms with Gasteiger partial charge in [0.15, 0.2) is 0 Å². The highest BCUT2D eigenvalue weighted by molar-refractivity contribution is 5.75. The highest BCUT2D eigenvalue weighted by Gasteiger charge is 2.04. The van der Waals surface area contributed by atoms with Gasteiger partial charge in [-0.15, -0.1) is 0 Å². The van der Waals surface area contributed by atoms with Crippen LogP contribution in [0.2, 0.25) is 0 Å². The fraction of sp³-hybridized carbons (Fsp3) is 0.167. The second-order valence-electron chi connectivity index (χ2n) is 3.60. The predicted octanol–water partition coefficient (Wildman–Crippen LogP) is 1.34. The van der Waals surface area contributed by atoms with E-state index in [1.807, 2.05) is 0 Å². The monoisotopic (exact) mass is 233 g/mol. The number of nitrogens with zero attached hydrogens (tertiary/aromatic N) is 2. The largest absolute Gasteiger partial charge is 0.350 e. The Morgan fingerprint density at radius 2 is 2.24 bits per heavy atom. The van der Waals surface area contributed by atoms with E-state index in [2.05, 4.69) is 10.3 Å². The van der Waals surface area contributed by atoms with Gasteiger partial charge in [-0.05, 0) is 6.07 Å². The summed E-state index contributed by atoms with van der Waals surface area (Å²) in [5, 5.41) is 2.65. The second kappa shape index (κ2) is 5.25. The Morgan fingerprint density at radius 3 is 2.94 bits per heavy atom. The summed E-state index contributed by atoms with van der Waals surface area (Å²) in [6.07, 6.45) is 4.86. The minimum atomic E-state index is -0.310. The van der Waals surface area contributed by atoms with Crippen molar-refractivity contribution in [3.63, 3.8) is 0 Å². The molecular formula is C12H12FN3O. The van der Waals surface area contributed by atoms with Crippen LogP contribution in [-0.2, 0) is 17.9 Å². The normalized spacial score (nSPS) is 10.2. The summed E-state index contributed by atoms with van der Waals surface area (Å²) in [6.45, 7) is 0.384. The predicted molar refractivity (Wildman–Crippen MR) is 60.5 cm³/mol. The van der Waals surface area contributed by atoms with Crippen molar-refractivity contribution in [3.8, 4) is 0 Å². The number of halogens is 1. The van der Waals surface area contributed by atoms with Crippen molar-refractivity contribution in [1.82, 2.24) is 14.9 Å². The Morgan fingerprint density at radius 1 is 1.41 bits per heavy atom. The van der Waals surface area contributed by atoms with Gasteiger partial charge in [-0.25, -0.2) is 9.37 Å². The number of benzene rings is 1. The third kappa shape index (κ3) is 3.14. The quantitative estimate of drug-likeness (QED) is 0.866. The number of carbonyl (C=O) groups is 1. The van der Waals surface area contributed by atoms with Crippen LogP contribution in [0.4, 0.5) is 4.39 Å². The van der Waals surface area contributed by atoms with Crippen LogP contribution in [0.3, 0.4) is 0 Å². The number of rotatable bonds is 4. The fourth-order valence-electron chi connectivity index (χ4n) is 1.44. The molecule has 0 atom stereocenters. The fourth-order valence-corrected chi connectivity index (χ4v) is 1.44. The van der Waals surface area contributed by atoms with Crippen LogP contribution in [-0.4, -0.2) is 15.5 Å². The van der Waals surface area contributed by atoms with Gasteiger partial charge >= 0.3 is 0 Å². The number of imidazole rings is 1. The summed E-state index contributed by atoms with van der Waals surface area (Å²) in [4.78, 5) is 15.3. The Bertz CT molecular complexity index is 496. The number of nitrogens with one attached hydrogen (secondary N) is 1. The first-order valence-corrected chi connectivity index (χ1v) is 5.21. The van der Waals surface area contributed by atoms with E-state index >= 15 is 0 Å². The molecule has 1 aromatic carbocycles. The number of hydrogen-bond acceptors (Lipinski definition) is 2. The summed E-state index contributed by atoms with van der Waals surface area (Å²) >= 11 is 0. The molecule has 5 heteroatoms. The van der Waals surface area contributed by atoms with E-state index in [9.17, 15) is 9.18 Å². The van der Waals surface area contributed by atoms with Crippen molar-refractivity contribution in [2.24, 2.45) is 0 Å². The lowest BCUT2D eigenvalue weighted by Gasteiger charge is -2.06. The molecule has 1 amide bonds. The van der Waals surface area contributed by atoms with Gasteiger partial charge in [0, 0.05) is 24.5 Å². The molecule has 0 radical (unpaired) electrons. The van der Waals surface area contributed by atoms with Crippen LogP contribution < -0.4 is 5.32 Å². The average Bonchev–Trinajstić information content (AvgIpc) is 2.81. The van der Waals surface area contributed by atoms with Crippen molar-refractivity contribution in [2.45, 2.75) is 13.1 Å². The average molecular weight is 233 g/mol. The lowest BCUT2D eigenvalue weighted by atomic mass is 10.2. The van der Waals surface area contributed by atoms with Crippen molar-refractivity contribution < 1.29 is 9.18 Å². The van der Waals surface area contributed by atoms with Gasteiger partial charge in [0.2, 0.25) is 5.91 Å². The third-order valence-electron chi connectivity index (χ3n) is 2.32. The zero-order chi connectivity index (χ0) is 12.1. The summed E-state index contributed by atoms with van der Waals surface area (Å²) in [5.74, 6) is -0.485. The minimum absolute atomic E-state index is 0.175. The van der Waals surface area contributed by atoms with Gasteiger partial charge in [-0.1, -0.05) is 18.2 Å². The molecule has 0 unspecified atom stereocenters. The molecule has 17 heavy (non-hydrogen) atoms. The summed E-state index contributed by atoms with van der Waals surface area (Å²) in [5.41, 5.74) is 0.478. The van der Waals surface area contributed by atoms with E-state index in [4.69, 9.17) is 0 Å². The Hall–Kier alpha value is -2.17. The molecule has 1 heterocycles. The molecule has 0 aliphatic heterocycles. The summed E-state index contributed by atoms with van der Waals surface area (Å²) in [7, 11) is 0. The molecule has 2 aromatic rings. The third-order valence-corrected chi connectivity index (χ3v) is 2.32. The van der Waals surface area contributed by atoms with Gasteiger partial charge in [-0.3, -0.25) is 4.79 Å². The Kier molecular flexibility index (Phi) is 3.49. The van der Waals surface area contributed by atoms with E-state index in [1.165, 1.54) is 6.07 Å². The SMILES string of the molecule is O=C(Cn1ccnc1)NCc1ccccc1F. The molecular weight excluding hydrogens is 221 g/mol. The number of aromatic nitrogens is 2. The lowest BCUT2D eigenvalue weighted by molar-refractivity contribution is -0.121. The van der Waals surface area contributed by atoms with Crippen LogP contribution in [0.25, 0.3) is 0 Å². The van der Waals surface area contributed by atoms with Crippen LogP contribution >= 0.6 is 0 Å². The highest BCUT2D eigenvalue weighted by Crippen LogP contribution is 2.05. The highest BCUT2D eigenvalue weighted by atomic mass is 19.1. The maximum atomic E-state index is 13.3. The van der Waals surface area contributed by atoms with Gasteiger partial charge in [0.1, 0.15) is 12.4 Å². The molecule has 0 saturated carbocycles. The van der Waals surface area contributed by atoms with E-state index in [-0.39, 0.29) is 24.8 Å². The van der Waals surface area contributed by atoms with Gasteiger partial charge in [0.25, 0.3) is 0 Å². The molecule has 0 spiro atoms. The number of carbonyl (C=O) groups excluding carboxylic acids is 1. The Labute approximate surface area is 98.1 Å². The summed E-state index contributed by atoms with van der Waals surface area (Å²) < 4.78 is 14.9. The molecule has 0 fully saturated rings. The topological polar surface area (TPSA) is 46.9 Å². The smallest absolute Gasteiger partial charge is 0.240 e. The molecule has 1 N–H and O–H groups in total. The standard InChI is InChI=1S/C12H12FN3O/c13-11-4-2-1-3-10(11)7-15-12(17)8-16-6-5-14-9-16/h1-6,9H,7-8H2,(H,15,17). The maximum Gasteiger partial charge on any atom is 0.240 e. The first-order chi connectivity index (χ1) is 8.25.